The van der Waals surface area contributed by atoms with Crippen LogP contribution in [0, 0.1) is 0 Å². The number of nitrogens with one attached hydrogen (secondary N) is 1. The molecule has 0 saturated heterocycles. The van der Waals surface area contributed by atoms with Gasteiger partial charge in [-0.1, -0.05) is 42.5 Å². The average Bonchev–Trinajstić information content (AvgIpc) is 3.18. The van der Waals surface area contributed by atoms with Crippen molar-refractivity contribution in [2.45, 2.75) is 6.42 Å². The van der Waals surface area contributed by atoms with Gasteiger partial charge in [-0.15, -0.1) is 0 Å². The standard InChI is InChI=1S/C24H25N2O4P/c1-26(2)17-16-19-18-25-22-14-9-15-23(24(19)22)30-31(27,28-20-10-5-3-6-11-20)29-21-12-7-4-8-13-21/h3-15,18,25H,16-17H2,1-2H3. The van der Waals surface area contributed by atoms with E-state index >= 15 is 0 Å². The highest BCUT2D eigenvalue weighted by Gasteiger charge is 2.34. The topological polar surface area (TPSA) is 63.8 Å². The lowest BCUT2D eigenvalue weighted by Gasteiger charge is -2.20. The van der Waals surface area contributed by atoms with Crippen LogP contribution in [-0.4, -0.2) is 30.5 Å². The highest BCUT2D eigenvalue weighted by Crippen LogP contribution is 2.51. The van der Waals surface area contributed by atoms with E-state index in [9.17, 15) is 4.57 Å². The highest BCUT2D eigenvalue weighted by atomic mass is 31.2. The number of aromatic amines is 1. The van der Waals surface area contributed by atoms with E-state index in [4.69, 9.17) is 13.6 Å². The lowest BCUT2D eigenvalue weighted by molar-refractivity contribution is 0.299. The van der Waals surface area contributed by atoms with Crippen molar-refractivity contribution >= 4 is 18.7 Å². The molecule has 0 aliphatic heterocycles. The van der Waals surface area contributed by atoms with E-state index < -0.39 is 7.82 Å². The Morgan fingerprint density at radius 3 is 2.00 bits per heavy atom. The predicted molar refractivity (Wildman–Crippen MR) is 123 cm³/mol. The molecule has 4 aromatic rings. The average molecular weight is 436 g/mol. The van der Waals surface area contributed by atoms with Crippen LogP contribution < -0.4 is 13.6 Å². The van der Waals surface area contributed by atoms with Gasteiger partial charge in [-0.2, -0.15) is 4.57 Å². The Labute approximate surface area is 182 Å². The molecule has 0 fully saturated rings. The predicted octanol–water partition coefficient (Wildman–Crippen LogP) is 5.92. The second-order valence-corrected chi connectivity index (χ2v) is 8.84. The number of aromatic nitrogens is 1. The fourth-order valence-corrected chi connectivity index (χ4v) is 4.50. The number of hydrogen-bond acceptors (Lipinski definition) is 5. The molecule has 0 atom stereocenters. The lowest BCUT2D eigenvalue weighted by atomic mass is 10.1. The first-order valence-corrected chi connectivity index (χ1v) is 11.5. The molecule has 7 heteroatoms. The van der Waals surface area contributed by atoms with Gasteiger partial charge in [0, 0.05) is 23.6 Å². The summed E-state index contributed by atoms with van der Waals surface area (Å²) in [5.41, 5.74) is 1.97. The number of para-hydroxylation sites is 2. The molecule has 0 radical (unpaired) electrons. The monoisotopic (exact) mass is 436 g/mol. The van der Waals surface area contributed by atoms with E-state index in [1.807, 2.05) is 44.6 Å². The third kappa shape index (κ3) is 5.29. The summed E-state index contributed by atoms with van der Waals surface area (Å²) < 4.78 is 31.3. The van der Waals surface area contributed by atoms with Gasteiger partial charge in [0.1, 0.15) is 17.2 Å². The number of phosphoric acid groups is 1. The normalized spacial score (nSPS) is 11.6. The summed E-state index contributed by atoms with van der Waals surface area (Å²) in [7, 11) is 0.0120. The van der Waals surface area contributed by atoms with E-state index in [1.165, 1.54) is 0 Å². The van der Waals surface area contributed by atoms with Gasteiger partial charge in [0.2, 0.25) is 0 Å². The number of benzene rings is 3. The molecule has 0 bridgehead atoms. The van der Waals surface area contributed by atoms with Crippen molar-refractivity contribution in [3.05, 3.63) is 90.6 Å². The molecule has 0 aliphatic carbocycles. The minimum atomic E-state index is -4.05. The smallest absolute Gasteiger partial charge is 0.386 e. The van der Waals surface area contributed by atoms with Crippen LogP contribution in [0.3, 0.4) is 0 Å². The summed E-state index contributed by atoms with van der Waals surface area (Å²) in [5, 5.41) is 0.873. The largest absolute Gasteiger partial charge is 0.647 e. The maximum atomic E-state index is 13.8. The van der Waals surface area contributed by atoms with Crippen LogP contribution >= 0.6 is 7.82 Å². The van der Waals surface area contributed by atoms with Crippen LogP contribution in [0.15, 0.2) is 85.1 Å². The van der Waals surface area contributed by atoms with Crippen LogP contribution in [0.4, 0.5) is 0 Å². The molecule has 0 saturated carbocycles. The van der Waals surface area contributed by atoms with Gasteiger partial charge < -0.3 is 23.5 Å². The summed E-state index contributed by atoms with van der Waals surface area (Å²) in [6, 6.07) is 23.3. The Morgan fingerprint density at radius 2 is 1.42 bits per heavy atom. The number of hydrogen-bond donors (Lipinski definition) is 1. The van der Waals surface area contributed by atoms with Crippen molar-refractivity contribution in [1.82, 2.24) is 9.88 Å². The summed E-state index contributed by atoms with van der Waals surface area (Å²) >= 11 is 0. The summed E-state index contributed by atoms with van der Waals surface area (Å²) in [4.78, 5) is 5.38. The highest BCUT2D eigenvalue weighted by molar-refractivity contribution is 7.49. The second kappa shape index (κ2) is 9.29. The maximum Gasteiger partial charge on any atom is 0.647 e. The van der Waals surface area contributed by atoms with Crippen molar-refractivity contribution in [3.8, 4) is 17.2 Å². The molecule has 3 aromatic carbocycles. The van der Waals surface area contributed by atoms with E-state index in [0.29, 0.717) is 17.2 Å². The first-order chi connectivity index (χ1) is 15.0. The van der Waals surface area contributed by atoms with Gasteiger partial charge in [-0.05, 0) is 62.5 Å². The van der Waals surface area contributed by atoms with Crippen molar-refractivity contribution in [2.24, 2.45) is 0 Å². The van der Waals surface area contributed by atoms with Crippen LogP contribution in [0.5, 0.6) is 17.2 Å². The molecular weight excluding hydrogens is 411 g/mol. The van der Waals surface area contributed by atoms with E-state index in [1.54, 1.807) is 54.6 Å². The van der Waals surface area contributed by atoms with Gasteiger partial charge in [-0.3, -0.25) is 0 Å². The fraction of sp³-hybridized carbons (Fsp3) is 0.167. The molecule has 0 unspecified atom stereocenters. The molecule has 0 amide bonds. The zero-order valence-electron chi connectivity index (χ0n) is 17.5. The number of fused-ring (bicyclic) bond motifs is 1. The molecule has 160 valence electrons. The summed E-state index contributed by atoms with van der Waals surface area (Å²) in [6.07, 6.45) is 2.78. The Morgan fingerprint density at radius 1 is 0.806 bits per heavy atom. The van der Waals surface area contributed by atoms with Crippen LogP contribution in [0.1, 0.15) is 5.56 Å². The first-order valence-electron chi connectivity index (χ1n) is 10.0. The number of phosphoric ester groups is 1. The molecule has 1 heterocycles. The van der Waals surface area contributed by atoms with Crippen LogP contribution in [0.25, 0.3) is 10.9 Å². The van der Waals surface area contributed by atoms with Crippen molar-refractivity contribution in [3.63, 3.8) is 0 Å². The van der Waals surface area contributed by atoms with Gasteiger partial charge in [0.25, 0.3) is 0 Å². The minimum Gasteiger partial charge on any atom is -0.386 e. The van der Waals surface area contributed by atoms with Crippen LogP contribution in [-0.2, 0) is 11.0 Å². The number of nitrogens with zero attached hydrogens (tertiary/aromatic N) is 1. The number of H-pyrrole nitrogens is 1. The zero-order valence-corrected chi connectivity index (χ0v) is 18.4. The Hall–Kier alpha value is -3.21. The third-order valence-electron chi connectivity index (χ3n) is 4.71. The van der Waals surface area contributed by atoms with Crippen molar-refractivity contribution < 1.29 is 18.1 Å². The molecule has 4 rings (SSSR count). The summed E-state index contributed by atoms with van der Waals surface area (Å²) in [6.45, 7) is 0.875. The third-order valence-corrected chi connectivity index (χ3v) is 6.00. The lowest BCUT2D eigenvalue weighted by Crippen LogP contribution is -2.15. The second-order valence-electron chi connectivity index (χ2n) is 7.39. The summed E-state index contributed by atoms with van der Waals surface area (Å²) in [5.74, 6) is 1.24. The first kappa shape index (κ1) is 21.0. The molecule has 1 aromatic heterocycles. The van der Waals surface area contributed by atoms with Gasteiger partial charge >= 0.3 is 7.82 Å². The van der Waals surface area contributed by atoms with Gasteiger partial charge in [-0.25, -0.2) is 0 Å². The maximum absolute atomic E-state index is 13.8. The molecule has 31 heavy (non-hydrogen) atoms. The molecule has 0 aliphatic rings. The quantitative estimate of drug-likeness (QED) is 0.330. The van der Waals surface area contributed by atoms with Gasteiger partial charge in [0.05, 0.1) is 0 Å². The Balaban J connectivity index is 1.70. The van der Waals surface area contributed by atoms with Crippen molar-refractivity contribution in [1.29, 1.82) is 0 Å². The van der Waals surface area contributed by atoms with E-state index in [2.05, 4.69) is 9.88 Å². The number of likely N-dealkylation sites (N-methyl/N-ethyl adjacent to an activating group) is 1. The molecule has 6 nitrogen and oxygen atoms in total. The van der Waals surface area contributed by atoms with E-state index in [-0.39, 0.29) is 0 Å². The minimum absolute atomic E-state index is 0.399. The number of rotatable bonds is 9. The van der Waals surface area contributed by atoms with Crippen molar-refractivity contribution in [2.75, 3.05) is 20.6 Å². The SMILES string of the molecule is CN(C)CCc1c[nH]c2cccc(OP(=O)(Oc3ccccc3)Oc3ccccc3)c12. The zero-order chi connectivity index (χ0) is 21.7. The molecule has 1 N–H and O–H groups in total. The Kier molecular flexibility index (Phi) is 6.31. The van der Waals surface area contributed by atoms with E-state index in [0.717, 1.165) is 29.4 Å². The Bertz CT molecular complexity index is 1130. The van der Waals surface area contributed by atoms with Crippen LogP contribution in [0.2, 0.25) is 0 Å². The fourth-order valence-electron chi connectivity index (χ4n) is 3.23. The van der Waals surface area contributed by atoms with Gasteiger partial charge in [0.15, 0.2) is 0 Å². The molecule has 0 spiro atoms. The molecular formula is C24H25N2O4P.